The first kappa shape index (κ1) is 15.5. The first-order valence-electron chi connectivity index (χ1n) is 7.65. The van der Waals surface area contributed by atoms with Gasteiger partial charge < -0.3 is 10.5 Å². The minimum Gasteiger partial charge on any atom is -0.378 e. The molecule has 0 amide bonds. The third-order valence-corrected chi connectivity index (χ3v) is 4.28. The molecule has 20 heavy (non-hydrogen) atoms. The largest absolute Gasteiger partial charge is 0.378 e. The molecule has 2 heterocycles. The predicted molar refractivity (Wildman–Crippen MR) is 80.6 cm³/mol. The second-order valence-electron chi connectivity index (χ2n) is 5.76. The molecule has 1 fully saturated rings. The number of hydrogen-bond acceptors (Lipinski definition) is 4. The van der Waals surface area contributed by atoms with Crippen molar-refractivity contribution in [3.05, 3.63) is 17.0 Å². The molecule has 0 aliphatic carbocycles. The highest BCUT2D eigenvalue weighted by atomic mass is 16.5. The average Bonchev–Trinajstić information content (AvgIpc) is 2.67. The molecule has 2 rings (SSSR count). The normalized spacial score (nSPS) is 17.8. The van der Waals surface area contributed by atoms with Gasteiger partial charge in [-0.25, -0.2) is 0 Å². The first-order chi connectivity index (χ1) is 9.61. The SMILES string of the molecule is Cc1nn(C)c(C)c1CN1CCC(OCCCN)CC1. The van der Waals surface area contributed by atoms with E-state index in [-0.39, 0.29) is 0 Å². The minimum atomic E-state index is 0.425. The van der Waals surface area contributed by atoms with Crippen LogP contribution in [0, 0.1) is 13.8 Å². The van der Waals surface area contributed by atoms with Gasteiger partial charge in [-0.15, -0.1) is 0 Å². The second kappa shape index (κ2) is 7.20. The zero-order valence-corrected chi connectivity index (χ0v) is 13.1. The molecule has 0 atom stereocenters. The summed E-state index contributed by atoms with van der Waals surface area (Å²) in [7, 11) is 2.02. The van der Waals surface area contributed by atoms with E-state index in [1.54, 1.807) is 0 Å². The fourth-order valence-electron chi connectivity index (χ4n) is 2.84. The van der Waals surface area contributed by atoms with Crippen LogP contribution in [-0.4, -0.2) is 47.0 Å². The number of hydrogen-bond donors (Lipinski definition) is 1. The number of aryl methyl sites for hydroxylation is 2. The molecule has 5 heteroatoms. The maximum absolute atomic E-state index is 5.85. The molecule has 0 unspecified atom stereocenters. The molecule has 5 nitrogen and oxygen atoms in total. The van der Waals surface area contributed by atoms with Crippen molar-refractivity contribution in [3.8, 4) is 0 Å². The van der Waals surface area contributed by atoms with Crippen LogP contribution >= 0.6 is 0 Å². The molecule has 1 aliphatic rings. The summed E-state index contributed by atoms with van der Waals surface area (Å²) in [5.74, 6) is 0. The first-order valence-corrected chi connectivity index (χ1v) is 7.65. The highest BCUT2D eigenvalue weighted by molar-refractivity contribution is 5.24. The number of aromatic nitrogens is 2. The Kier molecular flexibility index (Phi) is 5.57. The summed E-state index contributed by atoms with van der Waals surface area (Å²) in [6, 6.07) is 0. The molecular formula is C15H28N4O. The van der Waals surface area contributed by atoms with Gasteiger partial charge in [0, 0.05) is 44.5 Å². The average molecular weight is 280 g/mol. The fraction of sp³-hybridized carbons (Fsp3) is 0.800. The summed E-state index contributed by atoms with van der Waals surface area (Å²) in [6.45, 7) is 9.02. The van der Waals surface area contributed by atoms with Crippen molar-refractivity contribution in [2.75, 3.05) is 26.2 Å². The van der Waals surface area contributed by atoms with Crippen molar-refractivity contribution < 1.29 is 4.74 Å². The van der Waals surface area contributed by atoms with Crippen LogP contribution in [0.15, 0.2) is 0 Å². The van der Waals surface area contributed by atoms with Gasteiger partial charge in [-0.05, 0) is 39.7 Å². The van der Waals surface area contributed by atoms with Gasteiger partial charge in [0.25, 0.3) is 0 Å². The number of piperidine rings is 1. The summed E-state index contributed by atoms with van der Waals surface area (Å²) in [5, 5.41) is 4.49. The molecule has 1 saturated heterocycles. The molecular weight excluding hydrogens is 252 g/mol. The lowest BCUT2D eigenvalue weighted by molar-refractivity contribution is 0.00557. The number of likely N-dealkylation sites (tertiary alicyclic amines) is 1. The zero-order valence-electron chi connectivity index (χ0n) is 13.1. The van der Waals surface area contributed by atoms with E-state index in [2.05, 4.69) is 23.8 Å². The van der Waals surface area contributed by atoms with Crippen LogP contribution in [0.1, 0.15) is 36.2 Å². The van der Waals surface area contributed by atoms with E-state index in [9.17, 15) is 0 Å². The summed E-state index contributed by atoms with van der Waals surface area (Å²) >= 11 is 0. The molecule has 1 aromatic rings. The molecule has 1 aliphatic heterocycles. The smallest absolute Gasteiger partial charge is 0.0641 e. The van der Waals surface area contributed by atoms with Crippen molar-refractivity contribution in [1.82, 2.24) is 14.7 Å². The van der Waals surface area contributed by atoms with Gasteiger partial charge in [0.05, 0.1) is 11.8 Å². The van der Waals surface area contributed by atoms with Crippen LogP contribution in [0.5, 0.6) is 0 Å². The maximum atomic E-state index is 5.85. The maximum Gasteiger partial charge on any atom is 0.0641 e. The predicted octanol–water partition coefficient (Wildman–Crippen LogP) is 1.37. The van der Waals surface area contributed by atoms with Gasteiger partial charge in [-0.3, -0.25) is 9.58 Å². The third kappa shape index (κ3) is 3.81. The van der Waals surface area contributed by atoms with Gasteiger partial charge in [0.2, 0.25) is 0 Å². The van der Waals surface area contributed by atoms with Crippen LogP contribution < -0.4 is 5.73 Å². The van der Waals surface area contributed by atoms with E-state index < -0.39 is 0 Å². The standard InChI is InChI=1S/C15H28N4O/c1-12-15(13(2)18(3)17-12)11-19-8-5-14(6-9-19)20-10-4-7-16/h14H,4-11,16H2,1-3H3. The summed E-state index contributed by atoms with van der Waals surface area (Å²) < 4.78 is 7.83. The molecule has 2 N–H and O–H groups in total. The lowest BCUT2D eigenvalue weighted by Crippen LogP contribution is -2.37. The molecule has 1 aromatic heterocycles. The summed E-state index contributed by atoms with van der Waals surface area (Å²) in [4.78, 5) is 2.51. The molecule has 0 radical (unpaired) electrons. The second-order valence-corrected chi connectivity index (χ2v) is 5.76. The van der Waals surface area contributed by atoms with Crippen molar-refractivity contribution >= 4 is 0 Å². The Bertz CT molecular complexity index is 422. The van der Waals surface area contributed by atoms with E-state index in [4.69, 9.17) is 10.5 Å². The minimum absolute atomic E-state index is 0.425. The van der Waals surface area contributed by atoms with Gasteiger partial charge in [-0.1, -0.05) is 0 Å². The van der Waals surface area contributed by atoms with Gasteiger partial charge in [-0.2, -0.15) is 5.10 Å². The third-order valence-electron chi connectivity index (χ3n) is 4.28. The van der Waals surface area contributed by atoms with Crippen molar-refractivity contribution in [2.24, 2.45) is 12.8 Å². The number of nitrogens with two attached hydrogens (primary N) is 1. The number of rotatable bonds is 6. The Morgan fingerprint density at radius 1 is 1.30 bits per heavy atom. The summed E-state index contributed by atoms with van der Waals surface area (Å²) in [5.41, 5.74) is 9.31. The zero-order chi connectivity index (χ0) is 14.5. The van der Waals surface area contributed by atoms with Crippen LogP contribution in [0.4, 0.5) is 0 Å². The lowest BCUT2D eigenvalue weighted by atomic mass is 10.1. The van der Waals surface area contributed by atoms with Gasteiger partial charge >= 0.3 is 0 Å². The van der Waals surface area contributed by atoms with Crippen LogP contribution in [0.25, 0.3) is 0 Å². The Balaban J connectivity index is 1.79. The van der Waals surface area contributed by atoms with Crippen LogP contribution in [0.3, 0.4) is 0 Å². The van der Waals surface area contributed by atoms with E-state index in [1.807, 2.05) is 11.7 Å². The van der Waals surface area contributed by atoms with E-state index in [0.29, 0.717) is 6.10 Å². The van der Waals surface area contributed by atoms with Crippen molar-refractivity contribution in [3.63, 3.8) is 0 Å². The highest BCUT2D eigenvalue weighted by Crippen LogP contribution is 2.19. The number of nitrogens with zero attached hydrogens (tertiary/aromatic N) is 3. The van der Waals surface area contributed by atoms with Crippen molar-refractivity contribution in [2.45, 2.75) is 45.8 Å². The highest BCUT2D eigenvalue weighted by Gasteiger charge is 2.21. The Hall–Kier alpha value is -0.910. The molecule has 0 spiro atoms. The van der Waals surface area contributed by atoms with Gasteiger partial charge in [0.1, 0.15) is 0 Å². The lowest BCUT2D eigenvalue weighted by Gasteiger charge is -2.32. The monoisotopic (exact) mass is 280 g/mol. The fourth-order valence-corrected chi connectivity index (χ4v) is 2.84. The topological polar surface area (TPSA) is 56.3 Å². The van der Waals surface area contributed by atoms with Crippen LogP contribution in [0.2, 0.25) is 0 Å². The Labute approximate surface area is 122 Å². The molecule has 114 valence electrons. The molecule has 0 bridgehead atoms. The Morgan fingerprint density at radius 2 is 2.00 bits per heavy atom. The van der Waals surface area contributed by atoms with E-state index in [0.717, 1.165) is 57.7 Å². The summed E-state index contributed by atoms with van der Waals surface area (Å²) in [6.07, 6.45) is 3.65. The van der Waals surface area contributed by atoms with Crippen molar-refractivity contribution in [1.29, 1.82) is 0 Å². The Morgan fingerprint density at radius 3 is 2.55 bits per heavy atom. The quantitative estimate of drug-likeness (QED) is 0.800. The van der Waals surface area contributed by atoms with E-state index >= 15 is 0 Å². The van der Waals surface area contributed by atoms with E-state index in [1.165, 1.54) is 11.3 Å². The van der Waals surface area contributed by atoms with Crippen LogP contribution in [-0.2, 0) is 18.3 Å². The van der Waals surface area contributed by atoms with Gasteiger partial charge in [0.15, 0.2) is 0 Å². The molecule has 0 saturated carbocycles. The molecule has 0 aromatic carbocycles. The number of ether oxygens (including phenoxy) is 1.